The van der Waals surface area contributed by atoms with Gasteiger partial charge in [0, 0.05) is 24.4 Å². The van der Waals surface area contributed by atoms with Gasteiger partial charge in [0.1, 0.15) is 0 Å². The van der Waals surface area contributed by atoms with Crippen molar-refractivity contribution in [3.63, 3.8) is 0 Å². The molecule has 6 heteroatoms. The Kier molecular flexibility index (Phi) is 6.24. The van der Waals surface area contributed by atoms with Crippen molar-refractivity contribution >= 4 is 17.8 Å². The Morgan fingerprint density at radius 2 is 1.46 bits per heavy atom. The molecule has 0 aliphatic heterocycles. The van der Waals surface area contributed by atoms with Crippen LogP contribution in [0.1, 0.15) is 65.2 Å². The SMILES string of the molecule is CC(C)(CNC(=O)C1CCC(NC(=O)C2CCCC2)CC1)C(=O)O. The first kappa shape index (κ1) is 18.7. The molecule has 0 radical (unpaired) electrons. The molecule has 0 atom stereocenters. The highest BCUT2D eigenvalue weighted by molar-refractivity contribution is 5.81. The van der Waals surface area contributed by atoms with Gasteiger partial charge >= 0.3 is 5.97 Å². The van der Waals surface area contributed by atoms with Crippen LogP contribution in [0.3, 0.4) is 0 Å². The Morgan fingerprint density at radius 3 is 2.00 bits per heavy atom. The van der Waals surface area contributed by atoms with Gasteiger partial charge in [0.25, 0.3) is 0 Å². The Labute approximate surface area is 143 Å². The average molecular weight is 338 g/mol. The summed E-state index contributed by atoms with van der Waals surface area (Å²) in [4.78, 5) is 35.4. The Bertz CT molecular complexity index is 475. The fraction of sp³-hybridized carbons (Fsp3) is 0.833. The fourth-order valence-corrected chi connectivity index (χ4v) is 3.54. The van der Waals surface area contributed by atoms with E-state index in [1.54, 1.807) is 13.8 Å². The van der Waals surface area contributed by atoms with Gasteiger partial charge in [-0.3, -0.25) is 14.4 Å². The van der Waals surface area contributed by atoms with Gasteiger partial charge in [0.2, 0.25) is 11.8 Å². The minimum Gasteiger partial charge on any atom is -0.481 e. The molecule has 2 saturated carbocycles. The Balaban J connectivity index is 1.71. The monoisotopic (exact) mass is 338 g/mol. The van der Waals surface area contributed by atoms with E-state index in [4.69, 9.17) is 5.11 Å². The lowest BCUT2D eigenvalue weighted by Gasteiger charge is -2.30. The van der Waals surface area contributed by atoms with Gasteiger partial charge in [0.15, 0.2) is 0 Å². The first-order valence-electron chi connectivity index (χ1n) is 9.11. The van der Waals surface area contributed by atoms with E-state index in [9.17, 15) is 14.4 Å². The van der Waals surface area contributed by atoms with Gasteiger partial charge in [-0.1, -0.05) is 12.8 Å². The van der Waals surface area contributed by atoms with Crippen molar-refractivity contribution in [2.75, 3.05) is 6.54 Å². The minimum atomic E-state index is -0.956. The number of amides is 2. The third-order valence-electron chi connectivity index (χ3n) is 5.45. The smallest absolute Gasteiger partial charge is 0.310 e. The quantitative estimate of drug-likeness (QED) is 0.691. The molecule has 0 saturated heterocycles. The molecule has 0 bridgehead atoms. The van der Waals surface area contributed by atoms with E-state index in [2.05, 4.69) is 10.6 Å². The van der Waals surface area contributed by atoms with Crippen LogP contribution in [0, 0.1) is 17.3 Å². The van der Waals surface area contributed by atoms with Crippen LogP contribution in [0.4, 0.5) is 0 Å². The van der Waals surface area contributed by atoms with Gasteiger partial charge in [-0.2, -0.15) is 0 Å². The van der Waals surface area contributed by atoms with E-state index in [0.29, 0.717) is 0 Å². The molecule has 6 nitrogen and oxygen atoms in total. The summed E-state index contributed by atoms with van der Waals surface area (Å²) in [5.74, 6) is -0.687. The van der Waals surface area contributed by atoms with E-state index < -0.39 is 11.4 Å². The summed E-state index contributed by atoms with van der Waals surface area (Å²) in [7, 11) is 0. The number of carbonyl (C=O) groups is 3. The maximum Gasteiger partial charge on any atom is 0.310 e. The first-order chi connectivity index (χ1) is 11.3. The summed E-state index contributed by atoms with van der Waals surface area (Å²) in [6, 6.07) is 0.178. The zero-order valence-corrected chi connectivity index (χ0v) is 14.8. The number of nitrogens with one attached hydrogen (secondary N) is 2. The summed E-state index contributed by atoms with van der Waals surface area (Å²) in [5, 5.41) is 15.0. The largest absolute Gasteiger partial charge is 0.481 e. The van der Waals surface area contributed by atoms with Crippen molar-refractivity contribution in [3.8, 4) is 0 Å². The summed E-state index contributed by atoms with van der Waals surface area (Å²) < 4.78 is 0. The summed E-state index contributed by atoms with van der Waals surface area (Å²) in [6.45, 7) is 3.34. The van der Waals surface area contributed by atoms with E-state index in [-0.39, 0.29) is 36.2 Å². The van der Waals surface area contributed by atoms with Crippen LogP contribution >= 0.6 is 0 Å². The van der Waals surface area contributed by atoms with Gasteiger partial charge in [-0.05, 0) is 52.4 Å². The van der Waals surface area contributed by atoms with Crippen molar-refractivity contribution in [2.45, 2.75) is 71.3 Å². The van der Waals surface area contributed by atoms with Crippen LogP contribution in [0.15, 0.2) is 0 Å². The number of hydrogen-bond donors (Lipinski definition) is 3. The van der Waals surface area contributed by atoms with Crippen molar-refractivity contribution in [3.05, 3.63) is 0 Å². The predicted octanol–water partition coefficient (Wildman–Crippen LogP) is 2.08. The number of aliphatic carboxylic acids is 1. The topological polar surface area (TPSA) is 95.5 Å². The molecule has 0 spiro atoms. The standard InChI is InChI=1S/C18H30N2O4/c1-18(2,17(23)24)11-19-15(21)13-7-9-14(10-8-13)20-16(22)12-5-3-4-6-12/h12-14H,3-11H2,1-2H3,(H,19,21)(H,20,22)(H,23,24). The third-order valence-corrected chi connectivity index (χ3v) is 5.45. The van der Waals surface area contributed by atoms with Gasteiger partial charge < -0.3 is 15.7 Å². The van der Waals surface area contributed by atoms with Crippen LogP contribution in [-0.2, 0) is 14.4 Å². The molecule has 136 valence electrons. The molecule has 2 rings (SSSR count). The van der Waals surface area contributed by atoms with Crippen LogP contribution in [0.5, 0.6) is 0 Å². The highest BCUT2D eigenvalue weighted by Gasteiger charge is 2.32. The number of carboxylic acid groups (broad SMARTS) is 1. The molecule has 0 heterocycles. The molecule has 2 aliphatic rings. The predicted molar refractivity (Wildman–Crippen MR) is 90.3 cm³/mol. The molecule has 2 fully saturated rings. The normalized spacial score (nSPS) is 25.2. The van der Waals surface area contributed by atoms with Gasteiger partial charge in [-0.25, -0.2) is 0 Å². The lowest BCUT2D eigenvalue weighted by atomic mass is 9.84. The molecule has 0 aromatic carbocycles. The van der Waals surface area contributed by atoms with Gasteiger partial charge in [-0.15, -0.1) is 0 Å². The summed E-state index contributed by atoms with van der Waals surface area (Å²) in [5.41, 5.74) is -0.956. The zero-order chi connectivity index (χ0) is 17.7. The summed E-state index contributed by atoms with van der Waals surface area (Å²) in [6.07, 6.45) is 7.43. The maximum absolute atomic E-state index is 12.2. The second kappa shape index (κ2) is 7.99. The highest BCUT2D eigenvalue weighted by Crippen LogP contribution is 2.28. The lowest BCUT2D eigenvalue weighted by Crippen LogP contribution is -2.44. The number of hydrogen-bond acceptors (Lipinski definition) is 3. The first-order valence-corrected chi connectivity index (χ1v) is 9.11. The fourth-order valence-electron chi connectivity index (χ4n) is 3.54. The summed E-state index contributed by atoms with van der Waals surface area (Å²) >= 11 is 0. The third kappa shape index (κ3) is 4.95. The molecule has 24 heavy (non-hydrogen) atoms. The number of carboxylic acids is 1. The van der Waals surface area contributed by atoms with Crippen molar-refractivity contribution < 1.29 is 19.5 Å². The number of carbonyl (C=O) groups excluding carboxylic acids is 2. The Morgan fingerprint density at radius 1 is 0.917 bits per heavy atom. The van der Waals surface area contributed by atoms with E-state index in [1.807, 2.05) is 0 Å². The maximum atomic E-state index is 12.2. The molecule has 0 aromatic heterocycles. The second-order valence-corrected chi connectivity index (χ2v) is 7.95. The molecule has 0 unspecified atom stereocenters. The van der Waals surface area contributed by atoms with Crippen LogP contribution in [-0.4, -0.2) is 35.5 Å². The number of rotatable bonds is 6. The molecular weight excluding hydrogens is 308 g/mol. The molecule has 2 aliphatic carbocycles. The molecule has 2 amide bonds. The molecular formula is C18H30N2O4. The van der Waals surface area contributed by atoms with Crippen LogP contribution in [0.25, 0.3) is 0 Å². The van der Waals surface area contributed by atoms with Crippen molar-refractivity contribution in [2.24, 2.45) is 17.3 Å². The van der Waals surface area contributed by atoms with Crippen molar-refractivity contribution in [1.82, 2.24) is 10.6 Å². The highest BCUT2D eigenvalue weighted by atomic mass is 16.4. The molecule has 0 aromatic rings. The van der Waals surface area contributed by atoms with Crippen molar-refractivity contribution in [1.29, 1.82) is 0 Å². The second-order valence-electron chi connectivity index (χ2n) is 7.95. The van der Waals surface area contributed by atoms with Crippen LogP contribution in [0.2, 0.25) is 0 Å². The molecule has 3 N–H and O–H groups in total. The van der Waals surface area contributed by atoms with E-state index >= 15 is 0 Å². The lowest BCUT2D eigenvalue weighted by molar-refractivity contribution is -0.147. The Hall–Kier alpha value is -1.59. The average Bonchev–Trinajstić information content (AvgIpc) is 3.08. The van der Waals surface area contributed by atoms with Crippen LogP contribution < -0.4 is 10.6 Å². The van der Waals surface area contributed by atoms with E-state index in [0.717, 1.165) is 51.4 Å². The van der Waals surface area contributed by atoms with Gasteiger partial charge in [0.05, 0.1) is 5.41 Å². The van der Waals surface area contributed by atoms with E-state index in [1.165, 1.54) is 0 Å². The minimum absolute atomic E-state index is 0.0649. The zero-order valence-electron chi connectivity index (χ0n) is 14.8.